The van der Waals surface area contributed by atoms with Gasteiger partial charge in [-0.2, -0.15) is 5.10 Å². The molecule has 0 unspecified atom stereocenters. The molecule has 0 aliphatic carbocycles. The molecule has 3 aromatic rings. The molecule has 8 nitrogen and oxygen atoms in total. The smallest absolute Gasteiger partial charge is 0.327 e. The third kappa shape index (κ3) is 2.32. The highest BCUT2D eigenvalue weighted by molar-refractivity contribution is 6.03. The van der Waals surface area contributed by atoms with Gasteiger partial charge in [0.25, 0.3) is 0 Å². The van der Waals surface area contributed by atoms with E-state index in [2.05, 4.69) is 20.4 Å². The first kappa shape index (κ1) is 14.4. The topological polar surface area (TPSA) is 84.7 Å². The summed E-state index contributed by atoms with van der Waals surface area (Å²) in [4.78, 5) is 22.9. The summed E-state index contributed by atoms with van der Waals surface area (Å²) in [7, 11) is 1.55. The van der Waals surface area contributed by atoms with Crippen molar-refractivity contribution >= 4 is 23.2 Å². The first-order chi connectivity index (χ1) is 11.7. The van der Waals surface area contributed by atoms with E-state index in [9.17, 15) is 4.79 Å². The van der Waals surface area contributed by atoms with Crippen LogP contribution >= 0.6 is 0 Å². The Morgan fingerprint density at radius 2 is 2.29 bits per heavy atom. The Morgan fingerprint density at radius 1 is 1.42 bits per heavy atom. The predicted molar refractivity (Wildman–Crippen MR) is 88.6 cm³/mol. The summed E-state index contributed by atoms with van der Waals surface area (Å²) in [5, 5.41) is 7.14. The summed E-state index contributed by atoms with van der Waals surface area (Å²) in [5.74, 6) is 1.88. The summed E-state index contributed by atoms with van der Waals surface area (Å²) in [6.07, 6.45) is 4.19. The second-order valence-electron chi connectivity index (χ2n) is 5.54. The first-order valence-electron chi connectivity index (χ1n) is 7.59. The molecule has 122 valence electrons. The lowest BCUT2D eigenvalue weighted by Crippen LogP contribution is -2.34. The zero-order valence-corrected chi connectivity index (χ0v) is 13.4. The number of hydrogen-bond acceptors (Lipinski definition) is 5. The molecule has 0 radical (unpaired) electrons. The fourth-order valence-corrected chi connectivity index (χ4v) is 2.87. The number of pyridine rings is 2. The Morgan fingerprint density at radius 3 is 3.12 bits per heavy atom. The molecule has 0 saturated heterocycles. The van der Waals surface area contributed by atoms with Gasteiger partial charge in [0.2, 0.25) is 0 Å². The number of anilines is 2. The third-order valence-electron chi connectivity index (χ3n) is 3.98. The fourth-order valence-electron chi connectivity index (χ4n) is 2.87. The normalized spacial score (nSPS) is 13.2. The standard InChI is InChI=1S/C16H16N6O2/c1-10-18-14-8-13(24-2)12(9-22(14)20-10)19-16(23)21-7-5-11-4-3-6-17-15(11)21/h3-4,6,8-9H,5,7H2,1-2H3,(H,19,23). The van der Waals surface area contributed by atoms with Crippen molar-refractivity contribution in [1.29, 1.82) is 0 Å². The number of fused-ring (bicyclic) bond motifs is 2. The molecule has 0 saturated carbocycles. The van der Waals surface area contributed by atoms with Gasteiger partial charge in [-0.25, -0.2) is 19.3 Å². The van der Waals surface area contributed by atoms with Crippen molar-refractivity contribution in [1.82, 2.24) is 19.6 Å². The Kier molecular flexibility index (Phi) is 3.30. The maximum absolute atomic E-state index is 12.7. The predicted octanol–water partition coefficient (Wildman–Crippen LogP) is 2.04. The van der Waals surface area contributed by atoms with E-state index in [1.807, 2.05) is 19.1 Å². The lowest BCUT2D eigenvalue weighted by molar-refractivity contribution is 0.257. The third-order valence-corrected chi connectivity index (χ3v) is 3.98. The van der Waals surface area contributed by atoms with Crippen LogP contribution in [-0.2, 0) is 6.42 Å². The van der Waals surface area contributed by atoms with Gasteiger partial charge in [-0.3, -0.25) is 4.90 Å². The van der Waals surface area contributed by atoms with Gasteiger partial charge in [0.15, 0.2) is 5.65 Å². The van der Waals surface area contributed by atoms with Crippen LogP contribution in [0.5, 0.6) is 5.75 Å². The van der Waals surface area contributed by atoms with Crippen molar-refractivity contribution in [3.8, 4) is 5.75 Å². The van der Waals surface area contributed by atoms with E-state index in [-0.39, 0.29) is 6.03 Å². The number of ether oxygens (including phenoxy) is 1. The van der Waals surface area contributed by atoms with Crippen molar-refractivity contribution in [2.45, 2.75) is 13.3 Å². The van der Waals surface area contributed by atoms with E-state index in [1.165, 1.54) is 0 Å². The van der Waals surface area contributed by atoms with Crippen LogP contribution in [0.4, 0.5) is 16.3 Å². The molecular formula is C16H16N6O2. The number of aryl methyl sites for hydroxylation is 1. The second kappa shape index (κ2) is 5.48. The quantitative estimate of drug-likeness (QED) is 0.780. The zero-order chi connectivity index (χ0) is 16.7. The Hall–Kier alpha value is -3.16. The highest BCUT2D eigenvalue weighted by atomic mass is 16.5. The molecule has 8 heteroatoms. The number of hydrogen-bond donors (Lipinski definition) is 1. The van der Waals surface area contributed by atoms with Gasteiger partial charge < -0.3 is 10.1 Å². The molecule has 24 heavy (non-hydrogen) atoms. The largest absolute Gasteiger partial charge is 0.494 e. The summed E-state index contributed by atoms with van der Waals surface area (Å²) in [6, 6.07) is 5.36. The van der Waals surface area contributed by atoms with Crippen molar-refractivity contribution in [2.24, 2.45) is 0 Å². The number of aromatic nitrogens is 4. The average Bonchev–Trinajstić information content (AvgIpc) is 3.16. The summed E-state index contributed by atoms with van der Waals surface area (Å²) >= 11 is 0. The number of nitrogens with zero attached hydrogens (tertiary/aromatic N) is 5. The van der Waals surface area contributed by atoms with Crippen LogP contribution in [0.15, 0.2) is 30.6 Å². The van der Waals surface area contributed by atoms with E-state index in [1.54, 1.807) is 35.0 Å². The molecule has 4 rings (SSSR count). The minimum atomic E-state index is -0.248. The zero-order valence-electron chi connectivity index (χ0n) is 13.4. The van der Waals surface area contributed by atoms with Crippen LogP contribution in [0, 0.1) is 6.92 Å². The van der Waals surface area contributed by atoms with Crippen LogP contribution in [0.2, 0.25) is 0 Å². The Labute approximate surface area is 138 Å². The van der Waals surface area contributed by atoms with E-state index in [0.29, 0.717) is 35.3 Å². The summed E-state index contributed by atoms with van der Waals surface area (Å²) in [6.45, 7) is 2.41. The number of urea groups is 1. The summed E-state index contributed by atoms with van der Waals surface area (Å²) < 4.78 is 6.98. The molecule has 0 atom stereocenters. The lowest BCUT2D eigenvalue weighted by atomic mass is 10.2. The van der Waals surface area contributed by atoms with Gasteiger partial charge in [0.1, 0.15) is 23.1 Å². The molecule has 0 aromatic carbocycles. The van der Waals surface area contributed by atoms with Crippen LogP contribution in [0.1, 0.15) is 11.4 Å². The molecule has 1 aliphatic heterocycles. The van der Waals surface area contributed by atoms with Crippen molar-refractivity contribution in [3.63, 3.8) is 0 Å². The number of methoxy groups -OCH3 is 1. The SMILES string of the molecule is COc1cc2nc(C)nn2cc1NC(=O)N1CCc2cccnc21. The maximum Gasteiger partial charge on any atom is 0.327 e. The monoisotopic (exact) mass is 324 g/mol. The minimum Gasteiger partial charge on any atom is -0.494 e. The highest BCUT2D eigenvalue weighted by Crippen LogP contribution is 2.28. The molecule has 2 amide bonds. The van der Waals surface area contributed by atoms with Gasteiger partial charge >= 0.3 is 6.03 Å². The summed E-state index contributed by atoms with van der Waals surface area (Å²) in [5.41, 5.74) is 2.27. The van der Waals surface area contributed by atoms with Crippen LogP contribution in [0.3, 0.4) is 0 Å². The van der Waals surface area contributed by atoms with Crippen LogP contribution < -0.4 is 15.0 Å². The molecule has 1 aliphatic rings. The van der Waals surface area contributed by atoms with E-state index in [0.717, 1.165) is 12.0 Å². The van der Waals surface area contributed by atoms with Gasteiger partial charge in [-0.05, 0) is 25.0 Å². The highest BCUT2D eigenvalue weighted by Gasteiger charge is 2.26. The number of carbonyl (C=O) groups excluding carboxylic acids is 1. The van der Waals surface area contributed by atoms with Crippen molar-refractivity contribution in [2.75, 3.05) is 23.9 Å². The van der Waals surface area contributed by atoms with Crippen LogP contribution in [-0.4, -0.2) is 39.3 Å². The Balaban J connectivity index is 1.65. The maximum atomic E-state index is 12.7. The van der Waals surface area contributed by atoms with Crippen LogP contribution in [0.25, 0.3) is 5.65 Å². The second-order valence-corrected chi connectivity index (χ2v) is 5.54. The van der Waals surface area contributed by atoms with Gasteiger partial charge in [-0.1, -0.05) is 6.07 Å². The number of rotatable bonds is 2. The van der Waals surface area contributed by atoms with Gasteiger partial charge in [-0.15, -0.1) is 0 Å². The molecule has 0 fully saturated rings. The molecule has 4 heterocycles. The molecule has 1 N–H and O–H groups in total. The average molecular weight is 324 g/mol. The van der Waals surface area contributed by atoms with E-state index >= 15 is 0 Å². The molecule has 3 aromatic heterocycles. The fraction of sp³-hybridized carbons (Fsp3) is 0.250. The molecule has 0 spiro atoms. The lowest BCUT2D eigenvalue weighted by Gasteiger charge is -2.18. The Bertz CT molecular complexity index is 935. The number of amides is 2. The van der Waals surface area contributed by atoms with Crippen molar-refractivity contribution in [3.05, 3.63) is 42.0 Å². The molecular weight excluding hydrogens is 308 g/mol. The van der Waals surface area contributed by atoms with Crippen molar-refractivity contribution < 1.29 is 9.53 Å². The van der Waals surface area contributed by atoms with Gasteiger partial charge in [0, 0.05) is 18.8 Å². The molecule has 0 bridgehead atoms. The van der Waals surface area contributed by atoms with E-state index in [4.69, 9.17) is 4.74 Å². The van der Waals surface area contributed by atoms with E-state index < -0.39 is 0 Å². The minimum absolute atomic E-state index is 0.248. The number of nitrogens with one attached hydrogen (secondary N) is 1. The number of carbonyl (C=O) groups is 1. The van der Waals surface area contributed by atoms with Gasteiger partial charge in [0.05, 0.1) is 13.3 Å². The first-order valence-corrected chi connectivity index (χ1v) is 7.59.